The average molecular weight is 366 g/mol. The molecule has 0 spiro atoms. The molecule has 2 atom stereocenters. The van der Waals surface area contributed by atoms with Gasteiger partial charge in [-0.15, -0.1) is 0 Å². The van der Waals surface area contributed by atoms with Gasteiger partial charge in [0.05, 0.1) is 21.9 Å². The fraction of sp³-hybridized carbons (Fsp3) is 0.600. The van der Waals surface area contributed by atoms with Gasteiger partial charge in [0.25, 0.3) is 0 Å². The number of benzene rings is 1. The van der Waals surface area contributed by atoms with Gasteiger partial charge >= 0.3 is 0 Å². The van der Waals surface area contributed by atoms with Crippen molar-refractivity contribution in [2.75, 3.05) is 13.2 Å². The minimum Gasteiger partial charge on any atom is -0.381 e. The van der Waals surface area contributed by atoms with Gasteiger partial charge in [-0.1, -0.05) is 29.3 Å². The van der Waals surface area contributed by atoms with Crippen LogP contribution in [0.4, 0.5) is 0 Å². The zero-order valence-electron chi connectivity index (χ0n) is 12.7. The highest BCUT2D eigenvalue weighted by Crippen LogP contribution is 2.28. The number of sulfonamides is 1. The minimum atomic E-state index is -3.36. The first-order chi connectivity index (χ1) is 10.3. The minimum absolute atomic E-state index is 0.0951. The van der Waals surface area contributed by atoms with Crippen molar-refractivity contribution in [2.45, 2.75) is 38.0 Å². The van der Waals surface area contributed by atoms with Gasteiger partial charge in [0, 0.05) is 18.6 Å². The van der Waals surface area contributed by atoms with Gasteiger partial charge in [-0.2, -0.15) is 0 Å². The third-order valence-corrected chi connectivity index (χ3v) is 6.64. The van der Waals surface area contributed by atoms with Crippen molar-refractivity contribution in [2.24, 2.45) is 5.92 Å². The monoisotopic (exact) mass is 365 g/mol. The van der Waals surface area contributed by atoms with Crippen LogP contribution in [0.2, 0.25) is 10.0 Å². The summed E-state index contributed by atoms with van der Waals surface area (Å²) in [5, 5.41) is 0.532. The van der Waals surface area contributed by atoms with Gasteiger partial charge < -0.3 is 4.74 Å². The van der Waals surface area contributed by atoms with Crippen LogP contribution >= 0.6 is 23.2 Å². The van der Waals surface area contributed by atoms with E-state index in [-0.39, 0.29) is 12.0 Å². The van der Waals surface area contributed by atoms with E-state index >= 15 is 0 Å². The highest BCUT2D eigenvalue weighted by molar-refractivity contribution is 7.90. The van der Waals surface area contributed by atoms with Crippen LogP contribution in [-0.4, -0.2) is 32.9 Å². The summed E-state index contributed by atoms with van der Waals surface area (Å²) in [5.41, 5.74) is 0.967. The van der Waals surface area contributed by atoms with Crippen LogP contribution in [0.25, 0.3) is 0 Å². The number of halogens is 2. The van der Waals surface area contributed by atoms with Gasteiger partial charge in [0.1, 0.15) is 0 Å². The summed E-state index contributed by atoms with van der Waals surface area (Å²) in [6, 6.07) is 5.29. The molecule has 0 amide bonds. The molecule has 0 radical (unpaired) electrons. The fourth-order valence-electron chi connectivity index (χ4n) is 2.76. The van der Waals surface area contributed by atoms with E-state index in [0.717, 1.165) is 5.56 Å². The third kappa shape index (κ3) is 4.59. The Bertz CT molecular complexity index is 619. The lowest BCUT2D eigenvalue weighted by Crippen LogP contribution is -2.46. The second kappa shape index (κ2) is 7.49. The number of hydrogen-bond acceptors (Lipinski definition) is 3. The third-order valence-electron chi connectivity index (χ3n) is 3.68. The summed E-state index contributed by atoms with van der Waals surface area (Å²) >= 11 is 12.0. The zero-order valence-corrected chi connectivity index (χ0v) is 15.0. The maximum absolute atomic E-state index is 12.5. The molecule has 0 unspecified atom stereocenters. The molecule has 4 nitrogen and oxygen atoms in total. The quantitative estimate of drug-likeness (QED) is 0.870. The summed E-state index contributed by atoms with van der Waals surface area (Å²) in [7, 11) is -3.36. The first kappa shape index (κ1) is 18.0. The first-order valence-corrected chi connectivity index (χ1v) is 9.62. The van der Waals surface area contributed by atoms with Gasteiger partial charge in [0.2, 0.25) is 10.0 Å². The molecular weight excluding hydrogens is 345 g/mol. The maximum atomic E-state index is 12.5. The molecule has 22 heavy (non-hydrogen) atoms. The van der Waals surface area contributed by atoms with Crippen LogP contribution in [0.15, 0.2) is 18.2 Å². The number of hydrogen-bond donors (Lipinski definition) is 1. The summed E-state index contributed by atoms with van der Waals surface area (Å²) in [5.74, 6) is -0.0951. The molecule has 0 saturated carbocycles. The average Bonchev–Trinajstić information content (AvgIpc) is 2.42. The first-order valence-electron chi connectivity index (χ1n) is 7.32. The Kier molecular flexibility index (Phi) is 6.14. The van der Waals surface area contributed by atoms with Gasteiger partial charge in [-0.3, -0.25) is 0 Å². The van der Waals surface area contributed by atoms with Crippen molar-refractivity contribution in [3.63, 3.8) is 0 Å². The van der Waals surface area contributed by atoms with E-state index in [0.29, 0.717) is 36.1 Å². The number of ether oxygens (including phenoxy) is 1. The lowest BCUT2D eigenvalue weighted by molar-refractivity contribution is 0.0569. The molecule has 124 valence electrons. The van der Waals surface area contributed by atoms with E-state index in [9.17, 15) is 8.42 Å². The molecule has 2 rings (SSSR count). The smallest absolute Gasteiger partial charge is 0.215 e. The Hall–Kier alpha value is -0.330. The maximum Gasteiger partial charge on any atom is 0.215 e. The van der Waals surface area contributed by atoms with Crippen LogP contribution in [-0.2, 0) is 21.2 Å². The zero-order chi connectivity index (χ0) is 16.3. The van der Waals surface area contributed by atoms with Gasteiger partial charge in [-0.25, -0.2) is 13.1 Å². The van der Waals surface area contributed by atoms with E-state index in [1.807, 2.05) is 19.9 Å². The number of nitrogens with one attached hydrogen (secondary N) is 1. The molecule has 1 aromatic rings. The van der Waals surface area contributed by atoms with E-state index in [2.05, 4.69) is 4.72 Å². The van der Waals surface area contributed by atoms with E-state index < -0.39 is 15.3 Å². The second-order valence-corrected chi connectivity index (χ2v) is 8.68. The molecule has 1 aliphatic rings. The van der Waals surface area contributed by atoms with Gasteiger partial charge in [-0.05, 0) is 44.4 Å². The summed E-state index contributed by atoms with van der Waals surface area (Å²) in [6.07, 6.45) is 1.11. The highest BCUT2D eigenvalue weighted by Gasteiger charge is 2.36. The molecule has 0 bridgehead atoms. The molecule has 1 heterocycles. The van der Waals surface area contributed by atoms with E-state index in [1.54, 1.807) is 12.1 Å². The SMILES string of the molecule is CC(C)NS(=O)(=O)[C@@H]1CCOC[C@H]1Cc1ccc(Cl)c(Cl)c1. The molecule has 0 aromatic heterocycles. The largest absolute Gasteiger partial charge is 0.381 e. The molecule has 1 aliphatic heterocycles. The number of rotatable bonds is 5. The van der Waals surface area contributed by atoms with Crippen molar-refractivity contribution in [1.29, 1.82) is 0 Å². The molecule has 0 aliphatic carbocycles. The highest BCUT2D eigenvalue weighted by atomic mass is 35.5. The van der Waals surface area contributed by atoms with Crippen molar-refractivity contribution < 1.29 is 13.2 Å². The Morgan fingerprint density at radius 3 is 2.68 bits per heavy atom. The normalized spacial score (nSPS) is 23.0. The lowest BCUT2D eigenvalue weighted by atomic mass is 9.93. The van der Waals surface area contributed by atoms with E-state index in [1.165, 1.54) is 0 Å². The van der Waals surface area contributed by atoms with E-state index in [4.69, 9.17) is 27.9 Å². The summed E-state index contributed by atoms with van der Waals surface area (Å²) < 4.78 is 33.2. The van der Waals surface area contributed by atoms with Gasteiger partial charge in [0.15, 0.2) is 0 Å². The molecule has 1 N–H and O–H groups in total. The Morgan fingerprint density at radius 2 is 2.05 bits per heavy atom. The van der Waals surface area contributed by atoms with Crippen molar-refractivity contribution in [3.8, 4) is 0 Å². The molecule has 1 fully saturated rings. The van der Waals surface area contributed by atoms with Crippen LogP contribution < -0.4 is 4.72 Å². The lowest BCUT2D eigenvalue weighted by Gasteiger charge is -2.32. The molecule has 1 aromatic carbocycles. The van der Waals surface area contributed by atoms with Crippen molar-refractivity contribution in [3.05, 3.63) is 33.8 Å². The summed E-state index contributed by atoms with van der Waals surface area (Å²) in [4.78, 5) is 0. The molecule has 7 heteroatoms. The Morgan fingerprint density at radius 1 is 1.32 bits per heavy atom. The predicted octanol–water partition coefficient (Wildman–Crippen LogP) is 3.27. The van der Waals surface area contributed by atoms with Crippen LogP contribution in [0, 0.1) is 5.92 Å². The molecular formula is C15H21Cl2NO3S. The standard InChI is InChI=1S/C15H21Cl2NO3S/c1-10(2)18-22(19,20)15-5-6-21-9-12(15)7-11-3-4-13(16)14(17)8-11/h3-4,8,10,12,15,18H,5-7,9H2,1-2H3/t12-,15-/m1/s1. The second-order valence-electron chi connectivity index (χ2n) is 5.93. The topological polar surface area (TPSA) is 55.4 Å². The van der Waals surface area contributed by atoms with Crippen LogP contribution in [0.1, 0.15) is 25.8 Å². The van der Waals surface area contributed by atoms with Crippen LogP contribution in [0.3, 0.4) is 0 Å². The summed E-state index contributed by atoms with van der Waals surface area (Å²) in [6.45, 7) is 4.56. The Labute approximate surface area is 142 Å². The molecule has 1 saturated heterocycles. The Balaban J connectivity index is 2.17. The van der Waals surface area contributed by atoms with Crippen molar-refractivity contribution in [1.82, 2.24) is 4.72 Å². The predicted molar refractivity (Wildman–Crippen MR) is 90.1 cm³/mol. The van der Waals surface area contributed by atoms with Crippen LogP contribution in [0.5, 0.6) is 0 Å². The fourth-order valence-corrected chi connectivity index (χ4v) is 5.00. The van der Waals surface area contributed by atoms with Crippen molar-refractivity contribution >= 4 is 33.2 Å².